The van der Waals surface area contributed by atoms with E-state index in [2.05, 4.69) is 27.3 Å². The molecule has 0 saturated heterocycles. The Balaban J connectivity index is 2.20. The van der Waals surface area contributed by atoms with E-state index >= 15 is 0 Å². The van der Waals surface area contributed by atoms with Gasteiger partial charge in [-0.1, -0.05) is 23.7 Å². The van der Waals surface area contributed by atoms with Crippen molar-refractivity contribution in [3.63, 3.8) is 0 Å². The Kier molecular flexibility index (Phi) is 4.89. The molecule has 2 aromatic rings. The Hall–Kier alpha value is -1.70. The maximum absolute atomic E-state index is 8.89. The first-order valence-corrected chi connectivity index (χ1v) is 7.07. The zero-order valence-corrected chi connectivity index (χ0v) is 13.1. The number of rotatable bonds is 4. The van der Waals surface area contributed by atoms with Gasteiger partial charge in [-0.3, -0.25) is 0 Å². The third-order valence-corrected chi connectivity index (χ3v) is 3.56. The molecule has 0 radical (unpaired) electrons. The number of methoxy groups -OCH3 is 1. The van der Waals surface area contributed by atoms with Crippen LogP contribution in [0.3, 0.4) is 0 Å². The highest BCUT2D eigenvalue weighted by atomic mass is 79.9. The van der Waals surface area contributed by atoms with Crippen molar-refractivity contribution in [3.8, 4) is 11.8 Å². The highest BCUT2D eigenvalue weighted by Crippen LogP contribution is 2.36. The molecule has 20 heavy (non-hydrogen) atoms. The lowest BCUT2D eigenvalue weighted by molar-refractivity contribution is 0.414. The average Bonchev–Trinajstić information content (AvgIpc) is 2.45. The molecular weight excluding hydrogens is 340 g/mol. The normalized spacial score (nSPS) is 9.90. The molecule has 1 N–H and O–H groups in total. The number of benzene rings is 2. The number of hydrogen-bond acceptors (Lipinski definition) is 3. The molecule has 0 aliphatic rings. The van der Waals surface area contributed by atoms with Gasteiger partial charge in [0.2, 0.25) is 0 Å². The van der Waals surface area contributed by atoms with Gasteiger partial charge in [0.1, 0.15) is 0 Å². The van der Waals surface area contributed by atoms with Gasteiger partial charge in [0.05, 0.1) is 28.9 Å². The Bertz CT molecular complexity index is 667. The van der Waals surface area contributed by atoms with Crippen LogP contribution in [0.25, 0.3) is 0 Å². The van der Waals surface area contributed by atoms with Crippen molar-refractivity contribution >= 4 is 33.2 Å². The first-order chi connectivity index (χ1) is 9.63. The van der Waals surface area contributed by atoms with E-state index in [0.29, 0.717) is 22.9 Å². The molecule has 102 valence electrons. The predicted molar refractivity (Wildman–Crippen MR) is 84.2 cm³/mol. The molecule has 0 saturated carbocycles. The van der Waals surface area contributed by atoms with Crippen LogP contribution in [0.4, 0.5) is 5.69 Å². The minimum Gasteiger partial charge on any atom is -0.493 e. The molecular formula is C15H12BrClN2O. The van der Waals surface area contributed by atoms with Crippen molar-refractivity contribution in [1.29, 1.82) is 5.26 Å². The molecule has 0 atom stereocenters. The van der Waals surface area contributed by atoms with Crippen LogP contribution in [0, 0.1) is 11.3 Å². The predicted octanol–water partition coefficient (Wildman–Crippen LogP) is 4.59. The monoisotopic (exact) mass is 350 g/mol. The van der Waals surface area contributed by atoms with E-state index in [1.54, 1.807) is 25.3 Å². The van der Waals surface area contributed by atoms with E-state index in [9.17, 15) is 0 Å². The van der Waals surface area contributed by atoms with Gasteiger partial charge in [0.15, 0.2) is 5.75 Å². The van der Waals surface area contributed by atoms with Crippen molar-refractivity contribution in [3.05, 3.63) is 57.0 Å². The summed E-state index contributed by atoms with van der Waals surface area (Å²) in [7, 11) is 1.61. The van der Waals surface area contributed by atoms with E-state index in [0.717, 1.165) is 15.7 Å². The average molecular weight is 352 g/mol. The summed E-state index contributed by atoms with van der Waals surface area (Å²) >= 11 is 9.45. The molecule has 0 aliphatic heterocycles. The molecule has 0 unspecified atom stereocenters. The number of ether oxygens (including phenoxy) is 1. The van der Waals surface area contributed by atoms with E-state index in [1.165, 1.54) is 0 Å². The quantitative estimate of drug-likeness (QED) is 0.876. The Morgan fingerprint density at radius 1 is 1.35 bits per heavy atom. The first-order valence-electron chi connectivity index (χ1n) is 5.90. The van der Waals surface area contributed by atoms with Gasteiger partial charge in [-0.05, 0) is 45.8 Å². The third-order valence-electron chi connectivity index (χ3n) is 2.75. The van der Waals surface area contributed by atoms with Crippen LogP contribution in [-0.4, -0.2) is 7.11 Å². The summed E-state index contributed by atoms with van der Waals surface area (Å²) in [5, 5.41) is 12.8. The molecule has 0 heterocycles. The lowest BCUT2D eigenvalue weighted by atomic mass is 10.1. The Morgan fingerprint density at radius 2 is 2.15 bits per heavy atom. The van der Waals surface area contributed by atoms with Gasteiger partial charge in [0, 0.05) is 11.6 Å². The Morgan fingerprint density at radius 3 is 2.85 bits per heavy atom. The fraction of sp³-hybridized carbons (Fsp3) is 0.133. The molecule has 0 aliphatic carbocycles. The van der Waals surface area contributed by atoms with Crippen molar-refractivity contribution < 1.29 is 4.74 Å². The largest absolute Gasteiger partial charge is 0.493 e. The van der Waals surface area contributed by atoms with Crippen molar-refractivity contribution in [2.45, 2.75) is 6.54 Å². The minimum absolute atomic E-state index is 0.582. The summed E-state index contributed by atoms with van der Waals surface area (Å²) in [6, 6.07) is 13.2. The molecule has 0 bridgehead atoms. The van der Waals surface area contributed by atoms with Gasteiger partial charge < -0.3 is 10.1 Å². The second kappa shape index (κ2) is 6.65. The zero-order chi connectivity index (χ0) is 14.5. The van der Waals surface area contributed by atoms with Crippen molar-refractivity contribution in [2.24, 2.45) is 0 Å². The van der Waals surface area contributed by atoms with E-state index < -0.39 is 0 Å². The highest BCUT2D eigenvalue weighted by molar-refractivity contribution is 9.10. The standard InChI is InChI=1S/C15H12BrClN2O/c1-20-15-13(16)6-12(17)7-14(15)19-9-11-4-2-3-10(5-11)8-18/h2-7,19H,9H2,1H3. The maximum atomic E-state index is 8.89. The smallest absolute Gasteiger partial charge is 0.156 e. The van der Waals surface area contributed by atoms with Crippen LogP contribution in [-0.2, 0) is 6.54 Å². The van der Waals surface area contributed by atoms with Crippen molar-refractivity contribution in [2.75, 3.05) is 12.4 Å². The number of nitrogens with one attached hydrogen (secondary N) is 1. The summed E-state index contributed by atoms with van der Waals surface area (Å²) in [6.45, 7) is 0.582. The van der Waals surface area contributed by atoms with Crippen molar-refractivity contribution in [1.82, 2.24) is 0 Å². The van der Waals surface area contributed by atoms with Gasteiger partial charge in [-0.15, -0.1) is 0 Å². The second-order valence-electron chi connectivity index (χ2n) is 4.13. The van der Waals surface area contributed by atoms with E-state index in [1.807, 2.05) is 18.2 Å². The van der Waals surface area contributed by atoms with Gasteiger partial charge in [-0.25, -0.2) is 0 Å². The number of anilines is 1. The minimum atomic E-state index is 0.582. The molecule has 3 nitrogen and oxygen atoms in total. The zero-order valence-electron chi connectivity index (χ0n) is 10.8. The van der Waals surface area contributed by atoms with E-state index in [4.69, 9.17) is 21.6 Å². The van der Waals surface area contributed by atoms with Crippen LogP contribution < -0.4 is 10.1 Å². The molecule has 0 fully saturated rings. The summed E-state index contributed by atoms with van der Waals surface area (Å²) < 4.78 is 6.14. The van der Waals surface area contributed by atoms with Gasteiger partial charge in [0.25, 0.3) is 0 Å². The molecule has 0 amide bonds. The molecule has 2 aromatic carbocycles. The topological polar surface area (TPSA) is 45.0 Å². The fourth-order valence-corrected chi connectivity index (χ4v) is 2.82. The summed E-state index contributed by atoms with van der Waals surface area (Å²) in [6.07, 6.45) is 0. The Labute approximate surface area is 131 Å². The van der Waals surface area contributed by atoms with Crippen LogP contribution in [0.2, 0.25) is 5.02 Å². The van der Waals surface area contributed by atoms with Gasteiger partial charge in [-0.2, -0.15) is 5.26 Å². The van der Waals surface area contributed by atoms with E-state index in [-0.39, 0.29) is 0 Å². The molecule has 0 aromatic heterocycles. The first kappa shape index (κ1) is 14.7. The lowest BCUT2D eigenvalue weighted by Crippen LogP contribution is -2.02. The van der Waals surface area contributed by atoms with Crippen LogP contribution in [0.1, 0.15) is 11.1 Å². The number of nitriles is 1. The van der Waals surface area contributed by atoms with Crippen LogP contribution >= 0.6 is 27.5 Å². The summed E-state index contributed by atoms with van der Waals surface area (Å²) in [5.74, 6) is 0.700. The molecule has 5 heteroatoms. The molecule has 2 rings (SSSR count). The van der Waals surface area contributed by atoms with Crippen LogP contribution in [0.15, 0.2) is 40.9 Å². The number of nitrogens with zero attached hydrogens (tertiary/aromatic N) is 1. The SMILES string of the molecule is COc1c(Br)cc(Cl)cc1NCc1cccc(C#N)c1. The van der Waals surface area contributed by atoms with Gasteiger partial charge >= 0.3 is 0 Å². The second-order valence-corrected chi connectivity index (χ2v) is 5.42. The number of halogens is 2. The third kappa shape index (κ3) is 3.44. The summed E-state index contributed by atoms with van der Waals surface area (Å²) in [5.41, 5.74) is 2.46. The maximum Gasteiger partial charge on any atom is 0.156 e. The lowest BCUT2D eigenvalue weighted by Gasteiger charge is -2.13. The van der Waals surface area contributed by atoms with Crippen LogP contribution in [0.5, 0.6) is 5.75 Å². The molecule has 0 spiro atoms. The fourth-order valence-electron chi connectivity index (χ4n) is 1.85. The highest BCUT2D eigenvalue weighted by Gasteiger charge is 2.09. The number of hydrogen-bond donors (Lipinski definition) is 1. The summed E-state index contributed by atoms with van der Waals surface area (Å²) in [4.78, 5) is 0.